The first kappa shape index (κ1) is 16.2. The highest BCUT2D eigenvalue weighted by Crippen LogP contribution is 2.26. The van der Waals surface area contributed by atoms with E-state index in [1.165, 1.54) is 22.2 Å². The van der Waals surface area contributed by atoms with Crippen molar-refractivity contribution in [1.29, 1.82) is 0 Å². The largest absolute Gasteiger partial charge is 0.490 e. The lowest BCUT2D eigenvalue weighted by Crippen LogP contribution is -2.26. The van der Waals surface area contributed by atoms with Crippen LogP contribution in [-0.4, -0.2) is 22.1 Å². The monoisotopic (exact) mass is 344 g/mol. The molecule has 0 amide bonds. The van der Waals surface area contributed by atoms with Crippen LogP contribution in [0.3, 0.4) is 0 Å². The summed E-state index contributed by atoms with van der Waals surface area (Å²) >= 11 is 1.38. The van der Waals surface area contributed by atoms with Crippen molar-refractivity contribution in [2.75, 3.05) is 6.61 Å². The van der Waals surface area contributed by atoms with E-state index in [-0.39, 0.29) is 12.1 Å². The highest BCUT2D eigenvalue weighted by atomic mass is 32.1. The predicted molar refractivity (Wildman–Crippen MR) is 91.7 cm³/mol. The Bertz CT molecular complexity index is 916. The standard InChI is InChI=1S/C17H16N2O4S/c1-2-8-22-13-5-3-4-6-14(13)23-15(20)10-19-11-18-16-12(17(19)21)7-9-24-16/h3-7,9,11H,2,8,10H2,1H3. The molecule has 0 saturated heterocycles. The van der Waals surface area contributed by atoms with Crippen LogP contribution in [0.4, 0.5) is 0 Å². The fraction of sp³-hybridized carbons (Fsp3) is 0.235. The van der Waals surface area contributed by atoms with Crippen molar-refractivity contribution in [1.82, 2.24) is 9.55 Å². The first-order chi connectivity index (χ1) is 11.7. The second-order valence-electron chi connectivity index (χ2n) is 5.09. The zero-order valence-corrected chi connectivity index (χ0v) is 13.9. The molecule has 7 heteroatoms. The summed E-state index contributed by atoms with van der Waals surface area (Å²) in [6.07, 6.45) is 2.21. The quantitative estimate of drug-likeness (QED) is 0.508. The molecule has 1 aromatic carbocycles. The highest BCUT2D eigenvalue weighted by Gasteiger charge is 2.13. The van der Waals surface area contributed by atoms with Crippen molar-refractivity contribution < 1.29 is 14.3 Å². The number of rotatable bonds is 6. The van der Waals surface area contributed by atoms with E-state index in [4.69, 9.17) is 9.47 Å². The van der Waals surface area contributed by atoms with Crippen LogP contribution < -0.4 is 15.0 Å². The third-order valence-electron chi connectivity index (χ3n) is 3.28. The van der Waals surface area contributed by atoms with Gasteiger partial charge in [0, 0.05) is 0 Å². The summed E-state index contributed by atoms with van der Waals surface area (Å²) in [6, 6.07) is 8.66. The van der Waals surface area contributed by atoms with Gasteiger partial charge in [-0.15, -0.1) is 11.3 Å². The summed E-state index contributed by atoms with van der Waals surface area (Å²) in [5, 5.41) is 2.30. The van der Waals surface area contributed by atoms with Gasteiger partial charge in [0.25, 0.3) is 5.56 Å². The molecule has 0 aliphatic carbocycles. The first-order valence-corrected chi connectivity index (χ1v) is 8.42. The molecular formula is C17H16N2O4S. The maximum Gasteiger partial charge on any atom is 0.331 e. The van der Waals surface area contributed by atoms with E-state index < -0.39 is 5.97 Å². The number of thiophene rings is 1. The van der Waals surface area contributed by atoms with Gasteiger partial charge in [-0.2, -0.15) is 0 Å². The van der Waals surface area contributed by atoms with Crippen molar-refractivity contribution in [3.63, 3.8) is 0 Å². The third kappa shape index (κ3) is 3.46. The molecule has 0 bridgehead atoms. The fourth-order valence-electron chi connectivity index (χ4n) is 2.17. The number of esters is 1. The molecule has 0 fully saturated rings. The second kappa shape index (κ2) is 7.27. The summed E-state index contributed by atoms with van der Waals surface area (Å²) in [6.45, 7) is 2.32. The smallest absolute Gasteiger partial charge is 0.331 e. The topological polar surface area (TPSA) is 70.4 Å². The van der Waals surface area contributed by atoms with Crippen LogP contribution >= 0.6 is 11.3 Å². The Morgan fingerprint density at radius 3 is 2.83 bits per heavy atom. The molecule has 3 rings (SSSR count). The Kier molecular flexibility index (Phi) is 4.90. The van der Waals surface area contributed by atoms with Crippen LogP contribution in [0.25, 0.3) is 10.2 Å². The average molecular weight is 344 g/mol. The lowest BCUT2D eigenvalue weighted by atomic mass is 10.3. The Morgan fingerprint density at radius 1 is 1.25 bits per heavy atom. The Balaban J connectivity index is 1.76. The van der Waals surface area contributed by atoms with E-state index in [1.54, 1.807) is 35.7 Å². The van der Waals surface area contributed by atoms with E-state index in [0.717, 1.165) is 6.42 Å². The normalized spacial score (nSPS) is 10.7. The number of aromatic nitrogens is 2. The zero-order chi connectivity index (χ0) is 16.9. The molecule has 6 nitrogen and oxygen atoms in total. The molecule has 0 N–H and O–H groups in total. The van der Waals surface area contributed by atoms with Crippen LogP contribution in [0.1, 0.15) is 13.3 Å². The molecule has 24 heavy (non-hydrogen) atoms. The van der Waals surface area contributed by atoms with Crippen LogP contribution in [0.2, 0.25) is 0 Å². The van der Waals surface area contributed by atoms with Gasteiger partial charge < -0.3 is 9.47 Å². The Morgan fingerprint density at radius 2 is 2.04 bits per heavy atom. The van der Waals surface area contributed by atoms with E-state index in [9.17, 15) is 9.59 Å². The summed E-state index contributed by atoms with van der Waals surface area (Å²) in [7, 11) is 0. The minimum atomic E-state index is -0.555. The third-order valence-corrected chi connectivity index (χ3v) is 4.11. The molecule has 3 aromatic rings. The Labute approximate surface area is 142 Å². The second-order valence-corrected chi connectivity index (χ2v) is 5.98. The van der Waals surface area contributed by atoms with Gasteiger partial charge >= 0.3 is 5.97 Å². The summed E-state index contributed by atoms with van der Waals surface area (Å²) < 4.78 is 12.1. The molecule has 0 saturated carbocycles. The van der Waals surface area contributed by atoms with Gasteiger partial charge in [-0.1, -0.05) is 19.1 Å². The summed E-state index contributed by atoms with van der Waals surface area (Å²) in [5.41, 5.74) is -0.256. The molecule has 0 radical (unpaired) electrons. The molecule has 124 valence electrons. The number of hydrogen-bond acceptors (Lipinski definition) is 6. The van der Waals surface area contributed by atoms with Crippen LogP contribution in [0.5, 0.6) is 11.5 Å². The molecule has 2 aromatic heterocycles. The van der Waals surface area contributed by atoms with E-state index in [2.05, 4.69) is 4.98 Å². The maximum atomic E-state index is 12.3. The van der Waals surface area contributed by atoms with Crippen molar-refractivity contribution in [3.05, 3.63) is 52.4 Å². The molecule has 0 spiro atoms. The van der Waals surface area contributed by atoms with Gasteiger partial charge in [0.2, 0.25) is 0 Å². The van der Waals surface area contributed by atoms with Gasteiger partial charge in [-0.05, 0) is 30.0 Å². The minimum absolute atomic E-state index is 0.209. The minimum Gasteiger partial charge on any atom is -0.490 e. The SMILES string of the molecule is CCCOc1ccccc1OC(=O)Cn1cnc2sccc2c1=O. The van der Waals surface area contributed by atoms with E-state index in [1.807, 2.05) is 6.92 Å². The molecule has 2 heterocycles. The molecule has 0 atom stereocenters. The summed E-state index contributed by atoms with van der Waals surface area (Å²) in [4.78, 5) is 29.3. The maximum absolute atomic E-state index is 12.3. The fourth-order valence-corrected chi connectivity index (χ4v) is 2.89. The lowest BCUT2D eigenvalue weighted by Gasteiger charge is -2.11. The number of carbonyl (C=O) groups is 1. The lowest BCUT2D eigenvalue weighted by molar-refractivity contribution is -0.135. The van der Waals surface area contributed by atoms with E-state index in [0.29, 0.717) is 28.3 Å². The highest BCUT2D eigenvalue weighted by molar-refractivity contribution is 7.16. The van der Waals surface area contributed by atoms with Crippen molar-refractivity contribution >= 4 is 27.5 Å². The van der Waals surface area contributed by atoms with E-state index >= 15 is 0 Å². The van der Waals surface area contributed by atoms with Gasteiger partial charge in [-0.3, -0.25) is 9.36 Å². The number of carbonyl (C=O) groups excluding carboxylic acids is 1. The van der Waals surface area contributed by atoms with Gasteiger partial charge in [0.15, 0.2) is 11.5 Å². The zero-order valence-electron chi connectivity index (χ0n) is 13.1. The number of fused-ring (bicyclic) bond motifs is 1. The number of benzene rings is 1. The molecular weight excluding hydrogens is 328 g/mol. The van der Waals surface area contributed by atoms with Crippen LogP contribution in [0, 0.1) is 0 Å². The number of nitrogens with zero attached hydrogens (tertiary/aromatic N) is 2. The van der Waals surface area contributed by atoms with Crippen molar-refractivity contribution in [2.45, 2.75) is 19.9 Å². The van der Waals surface area contributed by atoms with Crippen molar-refractivity contribution in [2.24, 2.45) is 0 Å². The number of ether oxygens (including phenoxy) is 2. The van der Waals surface area contributed by atoms with Crippen LogP contribution in [-0.2, 0) is 11.3 Å². The first-order valence-electron chi connectivity index (χ1n) is 7.54. The summed E-state index contributed by atoms with van der Waals surface area (Å²) in [5.74, 6) is 0.293. The van der Waals surface area contributed by atoms with Crippen molar-refractivity contribution in [3.8, 4) is 11.5 Å². The van der Waals surface area contributed by atoms with Gasteiger partial charge in [0.05, 0.1) is 18.3 Å². The number of hydrogen-bond donors (Lipinski definition) is 0. The number of para-hydroxylation sites is 2. The van der Waals surface area contributed by atoms with Gasteiger partial charge in [0.1, 0.15) is 11.4 Å². The Hall–Kier alpha value is -2.67. The molecule has 0 unspecified atom stereocenters. The predicted octanol–water partition coefficient (Wildman–Crippen LogP) is 2.85. The molecule has 0 aliphatic rings. The molecule has 0 aliphatic heterocycles. The van der Waals surface area contributed by atoms with Crippen LogP contribution in [0.15, 0.2) is 46.8 Å². The van der Waals surface area contributed by atoms with Gasteiger partial charge in [-0.25, -0.2) is 9.78 Å². The average Bonchev–Trinajstić information content (AvgIpc) is 3.06.